The molecule has 0 rings (SSSR count). The van der Waals surface area contributed by atoms with Gasteiger partial charge in [0.2, 0.25) is 0 Å². The van der Waals surface area contributed by atoms with Crippen LogP contribution in [0.1, 0.15) is 349 Å². The van der Waals surface area contributed by atoms with Crippen LogP contribution >= 0.6 is 15.6 Å². The van der Waals surface area contributed by atoms with E-state index in [0.29, 0.717) is 25.7 Å². The standard InChI is InChI=1S/C77H140O17P2/c1-5-9-13-17-21-25-29-33-35-39-42-46-50-54-58-62-75(80)88-68-73(94-77(82)64-60-56-52-48-44-40-36-34-30-26-22-18-14-10-6-2)70-92-96(85,86)90-66-71(78)65-89-95(83,84)91-69-72(93-76(81)63-59-55-51-47-43-38-32-28-24-20-16-12-8-4)67-87-74(79)61-57-53-49-45-41-37-31-27-23-19-15-11-7-3/h22,25-27,29,31,33-36,71-73,78H,5-21,23-24,28,30,32,37-70H2,1-4H3,(H,83,84)(H,85,86)/b26-22-,29-25-,31-27-,35-33-,36-34-/t71-,72-,73-/m1/s1. The van der Waals surface area contributed by atoms with Crippen molar-refractivity contribution in [3.63, 3.8) is 0 Å². The molecule has 0 aromatic rings. The number of phosphoric acid groups is 2. The smallest absolute Gasteiger partial charge is 0.462 e. The summed E-state index contributed by atoms with van der Waals surface area (Å²) in [6, 6.07) is 0. The molecule has 5 atom stereocenters. The highest BCUT2D eigenvalue weighted by Crippen LogP contribution is 2.45. The average molecular weight is 1400 g/mol. The second kappa shape index (κ2) is 70.2. The number of carbonyl (C=O) groups excluding carboxylic acids is 4. The second-order valence-electron chi connectivity index (χ2n) is 26.0. The molecule has 0 saturated heterocycles. The number of hydrogen-bond acceptors (Lipinski definition) is 15. The van der Waals surface area contributed by atoms with Gasteiger partial charge in [0.15, 0.2) is 12.2 Å². The summed E-state index contributed by atoms with van der Waals surface area (Å²) in [5, 5.41) is 10.6. The average Bonchev–Trinajstić information content (AvgIpc) is 1.43. The van der Waals surface area contributed by atoms with Gasteiger partial charge in [0.25, 0.3) is 0 Å². The molecule has 0 amide bonds. The van der Waals surface area contributed by atoms with Crippen LogP contribution in [-0.2, 0) is 65.4 Å². The maximum absolute atomic E-state index is 13.1. The minimum absolute atomic E-state index is 0.0789. The molecule has 0 bridgehead atoms. The van der Waals surface area contributed by atoms with Crippen LogP contribution in [0.2, 0.25) is 0 Å². The van der Waals surface area contributed by atoms with Gasteiger partial charge in [-0.15, -0.1) is 0 Å². The van der Waals surface area contributed by atoms with Crippen LogP contribution in [0.15, 0.2) is 60.8 Å². The van der Waals surface area contributed by atoms with Gasteiger partial charge >= 0.3 is 39.5 Å². The second-order valence-corrected chi connectivity index (χ2v) is 28.9. The van der Waals surface area contributed by atoms with E-state index in [-0.39, 0.29) is 25.7 Å². The van der Waals surface area contributed by atoms with Crippen molar-refractivity contribution in [3.05, 3.63) is 60.8 Å². The fourth-order valence-corrected chi connectivity index (χ4v) is 12.1. The highest BCUT2D eigenvalue weighted by molar-refractivity contribution is 7.47. The maximum Gasteiger partial charge on any atom is 0.472 e. The molecule has 0 aromatic carbocycles. The third-order valence-electron chi connectivity index (χ3n) is 16.5. The van der Waals surface area contributed by atoms with Gasteiger partial charge in [-0.1, -0.05) is 275 Å². The van der Waals surface area contributed by atoms with E-state index in [9.17, 15) is 43.2 Å². The minimum atomic E-state index is -4.97. The zero-order valence-corrected chi connectivity index (χ0v) is 62.8. The Kier molecular flexibility index (Phi) is 67.8. The van der Waals surface area contributed by atoms with Crippen molar-refractivity contribution in [2.75, 3.05) is 39.6 Å². The number of ether oxygens (including phenoxy) is 4. The van der Waals surface area contributed by atoms with E-state index in [4.69, 9.17) is 37.0 Å². The van der Waals surface area contributed by atoms with Crippen molar-refractivity contribution < 1.29 is 80.2 Å². The van der Waals surface area contributed by atoms with E-state index >= 15 is 0 Å². The molecule has 2 unspecified atom stereocenters. The molecule has 0 aromatic heterocycles. The predicted octanol–water partition coefficient (Wildman–Crippen LogP) is 21.9. The molecule has 0 radical (unpaired) electrons. The quantitative estimate of drug-likeness (QED) is 0.0128. The van der Waals surface area contributed by atoms with Crippen molar-refractivity contribution in [2.24, 2.45) is 0 Å². The molecule has 96 heavy (non-hydrogen) atoms. The number of rotatable bonds is 73. The van der Waals surface area contributed by atoms with Crippen molar-refractivity contribution >= 4 is 39.5 Å². The van der Waals surface area contributed by atoms with Crippen LogP contribution in [0.3, 0.4) is 0 Å². The molecule has 560 valence electrons. The first kappa shape index (κ1) is 92.8. The summed E-state index contributed by atoms with van der Waals surface area (Å²) in [5.41, 5.74) is 0. The summed E-state index contributed by atoms with van der Waals surface area (Å²) >= 11 is 0. The van der Waals surface area contributed by atoms with Crippen LogP contribution in [0.5, 0.6) is 0 Å². The molecule has 0 heterocycles. The number of carbonyl (C=O) groups is 4. The van der Waals surface area contributed by atoms with Gasteiger partial charge in [-0.2, -0.15) is 0 Å². The number of aliphatic hydroxyl groups is 1. The van der Waals surface area contributed by atoms with Gasteiger partial charge < -0.3 is 33.8 Å². The van der Waals surface area contributed by atoms with Gasteiger partial charge in [-0.25, -0.2) is 9.13 Å². The lowest BCUT2D eigenvalue weighted by Gasteiger charge is -2.21. The van der Waals surface area contributed by atoms with Gasteiger partial charge in [-0.3, -0.25) is 37.3 Å². The van der Waals surface area contributed by atoms with Gasteiger partial charge in [0.05, 0.1) is 26.4 Å². The predicted molar refractivity (Wildman–Crippen MR) is 390 cm³/mol. The molecule has 0 fully saturated rings. The van der Waals surface area contributed by atoms with E-state index in [1.54, 1.807) is 0 Å². The molecule has 0 saturated carbocycles. The molecule has 0 aliphatic rings. The molecule has 0 aliphatic heterocycles. The fourth-order valence-electron chi connectivity index (χ4n) is 10.5. The lowest BCUT2D eigenvalue weighted by atomic mass is 10.0. The van der Waals surface area contributed by atoms with E-state index in [1.165, 1.54) is 122 Å². The molecular formula is C77H140O17P2. The number of phosphoric ester groups is 2. The van der Waals surface area contributed by atoms with Crippen molar-refractivity contribution in [2.45, 2.75) is 367 Å². The largest absolute Gasteiger partial charge is 0.472 e. The Morgan fingerprint density at radius 3 is 0.875 bits per heavy atom. The third kappa shape index (κ3) is 69.2. The Morgan fingerprint density at radius 2 is 0.542 bits per heavy atom. The van der Waals surface area contributed by atoms with E-state index < -0.39 is 97.5 Å². The molecule has 0 aliphatic carbocycles. The summed E-state index contributed by atoms with van der Waals surface area (Å²) < 4.78 is 68.5. The number of esters is 4. The van der Waals surface area contributed by atoms with Gasteiger partial charge in [0.1, 0.15) is 19.3 Å². The van der Waals surface area contributed by atoms with Crippen molar-refractivity contribution in [1.82, 2.24) is 0 Å². The number of unbranched alkanes of at least 4 members (excludes halogenated alkanes) is 38. The SMILES string of the molecule is CCCCC/C=C\C/C=C\CCCCCCCC(=O)O[C@H](COC(=O)CCCCCCC/C=C\C=C/CCCCCC)COP(=O)(O)OC[C@H](O)COP(=O)(O)OC[C@@H](COC(=O)CCCCCCC/C=C\CCCCCC)OC(=O)CCCCCCCCCCCCCCC. The summed E-state index contributed by atoms with van der Waals surface area (Å²) in [6.45, 7) is 4.82. The van der Waals surface area contributed by atoms with Crippen LogP contribution < -0.4 is 0 Å². The summed E-state index contributed by atoms with van der Waals surface area (Å²) in [6.07, 6.45) is 67.7. The van der Waals surface area contributed by atoms with Crippen molar-refractivity contribution in [1.29, 1.82) is 0 Å². The summed E-state index contributed by atoms with van der Waals surface area (Å²) in [5.74, 6) is -2.19. The third-order valence-corrected chi connectivity index (χ3v) is 18.4. The Morgan fingerprint density at radius 1 is 0.302 bits per heavy atom. The zero-order valence-electron chi connectivity index (χ0n) is 61.1. The first-order valence-electron chi connectivity index (χ1n) is 38.5. The van der Waals surface area contributed by atoms with Gasteiger partial charge in [-0.05, 0) is 109 Å². The minimum Gasteiger partial charge on any atom is -0.462 e. The lowest BCUT2D eigenvalue weighted by molar-refractivity contribution is -0.161. The first-order chi connectivity index (χ1) is 46.7. The lowest BCUT2D eigenvalue weighted by Crippen LogP contribution is -2.30. The van der Waals surface area contributed by atoms with E-state index in [0.717, 1.165) is 148 Å². The molecule has 17 nitrogen and oxygen atoms in total. The number of aliphatic hydroxyl groups excluding tert-OH is 1. The number of allylic oxidation sites excluding steroid dienone is 10. The zero-order chi connectivity index (χ0) is 70.4. The molecule has 3 N–H and O–H groups in total. The van der Waals surface area contributed by atoms with Crippen LogP contribution in [0, 0.1) is 0 Å². The number of hydrogen-bond donors (Lipinski definition) is 3. The van der Waals surface area contributed by atoms with Gasteiger partial charge in [0, 0.05) is 25.7 Å². The Bertz CT molecular complexity index is 2060. The van der Waals surface area contributed by atoms with E-state index in [2.05, 4.69) is 88.5 Å². The van der Waals surface area contributed by atoms with Crippen LogP contribution in [0.4, 0.5) is 0 Å². The first-order valence-corrected chi connectivity index (χ1v) is 41.5. The topological polar surface area (TPSA) is 237 Å². The van der Waals surface area contributed by atoms with Crippen LogP contribution in [0.25, 0.3) is 0 Å². The normalized spacial score (nSPS) is 14.3. The Balaban J connectivity index is 5.34. The Labute approximate surface area is 584 Å². The Hall–Kier alpha value is -3.24. The molecule has 19 heteroatoms. The molecule has 0 spiro atoms. The molecular weight excluding hydrogens is 1260 g/mol. The highest BCUT2D eigenvalue weighted by Gasteiger charge is 2.30. The van der Waals surface area contributed by atoms with E-state index in [1.807, 2.05) is 0 Å². The van der Waals surface area contributed by atoms with Crippen LogP contribution in [-0.4, -0.2) is 96.7 Å². The summed E-state index contributed by atoms with van der Waals surface area (Å²) in [4.78, 5) is 72.8. The fraction of sp³-hybridized carbons (Fsp3) is 0.818. The highest BCUT2D eigenvalue weighted by atomic mass is 31.2. The van der Waals surface area contributed by atoms with Crippen molar-refractivity contribution in [3.8, 4) is 0 Å². The monoisotopic (exact) mass is 1400 g/mol. The maximum atomic E-state index is 13.1. The summed E-state index contributed by atoms with van der Waals surface area (Å²) in [7, 11) is -9.94.